The van der Waals surface area contributed by atoms with E-state index in [9.17, 15) is 5.11 Å². The largest absolute Gasteiger partial charge is 0.385 e. The molecule has 3 aromatic heterocycles. The van der Waals surface area contributed by atoms with Gasteiger partial charge in [0, 0.05) is 34.1 Å². The Hall–Kier alpha value is -2.48. The number of hydrogen-bond acceptors (Lipinski definition) is 6. The highest BCUT2D eigenvalue weighted by Crippen LogP contribution is 2.39. The summed E-state index contributed by atoms with van der Waals surface area (Å²) in [5, 5.41) is 11.7. The van der Waals surface area contributed by atoms with Crippen molar-refractivity contribution in [2.45, 2.75) is 32.4 Å². The summed E-state index contributed by atoms with van der Waals surface area (Å²) in [4.78, 5) is 16.4. The molecule has 1 aromatic carbocycles. The van der Waals surface area contributed by atoms with Gasteiger partial charge in [0.2, 0.25) is 0 Å². The van der Waals surface area contributed by atoms with E-state index in [1.54, 1.807) is 11.3 Å². The van der Waals surface area contributed by atoms with Crippen molar-refractivity contribution >= 4 is 38.3 Å². The van der Waals surface area contributed by atoms with Crippen LogP contribution in [0.25, 0.3) is 32.5 Å². The lowest BCUT2D eigenvalue weighted by Gasteiger charge is -2.34. The minimum absolute atomic E-state index is 0.227. The van der Waals surface area contributed by atoms with Gasteiger partial charge in [-0.15, -0.1) is 11.3 Å². The number of nitrogens with one attached hydrogen (secondary N) is 1. The van der Waals surface area contributed by atoms with Gasteiger partial charge in [-0.3, -0.25) is 0 Å². The topological polar surface area (TPSA) is 74.3 Å². The first-order valence-electron chi connectivity index (χ1n) is 9.87. The lowest BCUT2D eigenvalue weighted by Crippen LogP contribution is -2.44. The van der Waals surface area contributed by atoms with Crippen LogP contribution in [0.2, 0.25) is 0 Å². The second-order valence-corrected chi connectivity index (χ2v) is 9.17. The number of rotatable bonds is 3. The van der Waals surface area contributed by atoms with E-state index < -0.39 is 5.60 Å². The third-order valence-corrected chi connectivity index (χ3v) is 6.87. The number of hydrogen-bond donors (Lipinski definition) is 2. The van der Waals surface area contributed by atoms with Gasteiger partial charge in [0.05, 0.1) is 35.1 Å². The van der Waals surface area contributed by atoms with Crippen molar-refractivity contribution in [2.24, 2.45) is 0 Å². The molecule has 0 radical (unpaired) electrons. The van der Waals surface area contributed by atoms with Gasteiger partial charge in [0.1, 0.15) is 0 Å². The average molecular weight is 409 g/mol. The monoisotopic (exact) mass is 408 g/mol. The summed E-state index contributed by atoms with van der Waals surface area (Å²) < 4.78 is 6.66. The first-order valence-corrected chi connectivity index (χ1v) is 10.7. The molecule has 1 atom stereocenters. The van der Waals surface area contributed by atoms with Crippen molar-refractivity contribution in [2.75, 3.05) is 24.7 Å². The summed E-state index contributed by atoms with van der Waals surface area (Å²) in [5.74, 6) is 1.63. The van der Waals surface area contributed by atoms with Crippen molar-refractivity contribution in [1.82, 2.24) is 15.0 Å². The summed E-state index contributed by atoms with van der Waals surface area (Å²) in [6.45, 7) is 7.93. The van der Waals surface area contributed by atoms with E-state index in [0.29, 0.717) is 19.0 Å². The highest BCUT2D eigenvalue weighted by molar-refractivity contribution is 7.19. The molecule has 0 spiro atoms. The van der Waals surface area contributed by atoms with Crippen LogP contribution >= 0.6 is 11.3 Å². The third-order valence-electron chi connectivity index (χ3n) is 5.43. The molecule has 0 aliphatic carbocycles. The van der Waals surface area contributed by atoms with Gasteiger partial charge in [-0.1, -0.05) is 12.1 Å². The van der Waals surface area contributed by atoms with Crippen LogP contribution in [0.3, 0.4) is 0 Å². The molecule has 150 valence electrons. The molecule has 1 aliphatic rings. The van der Waals surface area contributed by atoms with Gasteiger partial charge >= 0.3 is 0 Å². The molecule has 4 aromatic rings. The van der Waals surface area contributed by atoms with Crippen LogP contribution in [-0.4, -0.2) is 45.9 Å². The highest BCUT2D eigenvalue weighted by atomic mass is 32.1. The van der Waals surface area contributed by atoms with Crippen LogP contribution in [-0.2, 0) is 10.3 Å². The molecule has 0 bridgehead atoms. The molecule has 2 N–H and O–H groups in total. The minimum Gasteiger partial charge on any atom is -0.385 e. The fraction of sp³-hybridized carbons (Fsp3) is 0.364. The smallest absolute Gasteiger partial charge is 0.162 e. The fourth-order valence-electron chi connectivity index (χ4n) is 3.85. The zero-order valence-corrected chi connectivity index (χ0v) is 17.6. The van der Waals surface area contributed by atoms with Crippen LogP contribution in [0.5, 0.6) is 0 Å². The predicted molar refractivity (Wildman–Crippen MR) is 118 cm³/mol. The molecule has 5 rings (SSSR count). The van der Waals surface area contributed by atoms with Crippen molar-refractivity contribution in [3.8, 4) is 11.4 Å². The lowest BCUT2D eigenvalue weighted by atomic mass is 10.1. The molecule has 0 saturated carbocycles. The summed E-state index contributed by atoms with van der Waals surface area (Å²) >= 11 is 1.57. The van der Waals surface area contributed by atoms with Crippen molar-refractivity contribution < 1.29 is 9.84 Å². The van der Waals surface area contributed by atoms with E-state index in [2.05, 4.69) is 35.0 Å². The van der Waals surface area contributed by atoms with E-state index in [4.69, 9.17) is 14.7 Å². The maximum Gasteiger partial charge on any atom is 0.162 e. The maximum absolute atomic E-state index is 10.6. The predicted octanol–water partition coefficient (Wildman–Crippen LogP) is 4.29. The number of thiophene rings is 1. The van der Waals surface area contributed by atoms with Gasteiger partial charge in [0.15, 0.2) is 11.6 Å². The Bertz CT molecular complexity index is 1190. The number of benzene rings is 1. The second-order valence-electron chi connectivity index (χ2n) is 8.12. The number of ether oxygens (including phenoxy) is 1. The number of aromatic amines is 1. The third kappa shape index (κ3) is 3.19. The molecular weight excluding hydrogens is 384 g/mol. The number of H-pyrrole nitrogens is 1. The zero-order valence-electron chi connectivity index (χ0n) is 16.8. The molecule has 7 heteroatoms. The Balaban J connectivity index is 1.76. The number of aliphatic hydroxyl groups is 1. The lowest BCUT2D eigenvalue weighted by molar-refractivity contribution is 0.0826. The Kier molecular flexibility index (Phi) is 4.34. The van der Waals surface area contributed by atoms with Crippen molar-refractivity contribution in [3.05, 3.63) is 41.4 Å². The molecule has 1 unspecified atom stereocenters. The molecule has 1 fully saturated rings. The summed E-state index contributed by atoms with van der Waals surface area (Å²) in [6, 6.07) is 10.4. The number of anilines is 1. The molecular formula is C22H24N4O2S. The quantitative estimate of drug-likeness (QED) is 0.529. The van der Waals surface area contributed by atoms with E-state index in [0.717, 1.165) is 43.9 Å². The average Bonchev–Trinajstić information content (AvgIpc) is 3.34. The number of morpholine rings is 1. The van der Waals surface area contributed by atoms with Crippen LogP contribution in [0.15, 0.2) is 36.5 Å². The first kappa shape index (κ1) is 18.5. The Morgan fingerprint density at radius 1 is 1.28 bits per heavy atom. The number of fused-ring (bicyclic) bond motifs is 2. The maximum atomic E-state index is 10.6. The summed E-state index contributed by atoms with van der Waals surface area (Å²) in [7, 11) is 0. The fourth-order valence-corrected chi connectivity index (χ4v) is 4.96. The second kappa shape index (κ2) is 6.79. The number of nitrogens with zero attached hydrogens (tertiary/aromatic N) is 3. The van der Waals surface area contributed by atoms with Gasteiger partial charge < -0.3 is 19.7 Å². The number of aromatic nitrogens is 3. The molecule has 4 heterocycles. The van der Waals surface area contributed by atoms with Gasteiger partial charge in [-0.2, -0.15) is 0 Å². The first-order chi connectivity index (χ1) is 13.9. The van der Waals surface area contributed by atoms with Crippen LogP contribution in [0, 0.1) is 0 Å². The van der Waals surface area contributed by atoms with E-state index in [1.165, 1.54) is 0 Å². The van der Waals surface area contributed by atoms with E-state index in [-0.39, 0.29) is 6.04 Å². The SMILES string of the molecule is CC1COCCN1c1nc(-c2cccc3[nH]ccc23)nc2cc(C(C)(C)O)sc12. The normalized spacial score (nSPS) is 18.1. The summed E-state index contributed by atoms with van der Waals surface area (Å²) in [6.07, 6.45) is 1.94. The molecule has 1 aliphatic heterocycles. The van der Waals surface area contributed by atoms with Crippen LogP contribution in [0.4, 0.5) is 5.82 Å². The summed E-state index contributed by atoms with van der Waals surface area (Å²) in [5.41, 5.74) is 2.03. The van der Waals surface area contributed by atoms with Crippen molar-refractivity contribution in [1.29, 1.82) is 0 Å². The standard InChI is InChI=1S/C22H24N4O2S/c1-13-12-28-10-9-26(13)21-19-17(11-18(29-19)22(2,3)27)24-20(25-21)15-5-4-6-16-14(15)7-8-23-16/h4-8,11,13,23,27H,9-10,12H2,1-3H3. The molecule has 29 heavy (non-hydrogen) atoms. The molecule has 6 nitrogen and oxygen atoms in total. The van der Waals surface area contributed by atoms with Gasteiger partial charge in [0.25, 0.3) is 0 Å². The molecule has 0 amide bonds. The molecule has 1 saturated heterocycles. The Labute approximate surface area is 173 Å². The van der Waals surface area contributed by atoms with Crippen LogP contribution in [0.1, 0.15) is 25.6 Å². The van der Waals surface area contributed by atoms with Gasteiger partial charge in [-0.05, 0) is 39.0 Å². The highest BCUT2D eigenvalue weighted by Gasteiger charge is 2.27. The van der Waals surface area contributed by atoms with Gasteiger partial charge in [-0.25, -0.2) is 9.97 Å². The van der Waals surface area contributed by atoms with E-state index >= 15 is 0 Å². The Morgan fingerprint density at radius 2 is 2.14 bits per heavy atom. The minimum atomic E-state index is -0.917. The van der Waals surface area contributed by atoms with Crippen LogP contribution < -0.4 is 4.90 Å². The Morgan fingerprint density at radius 3 is 2.93 bits per heavy atom. The van der Waals surface area contributed by atoms with Crippen molar-refractivity contribution in [3.63, 3.8) is 0 Å². The van der Waals surface area contributed by atoms with E-state index in [1.807, 2.05) is 32.2 Å². The zero-order chi connectivity index (χ0) is 20.2.